The normalized spacial score (nSPS) is 11.5. The van der Waals surface area contributed by atoms with E-state index >= 15 is 0 Å². The maximum Gasteiger partial charge on any atom is 0.514 e. The predicted molar refractivity (Wildman–Crippen MR) is 82.7 cm³/mol. The van der Waals surface area contributed by atoms with Crippen LogP contribution in [0.3, 0.4) is 0 Å². The highest BCUT2D eigenvalue weighted by atomic mass is 35.5. The van der Waals surface area contributed by atoms with Crippen molar-refractivity contribution >= 4 is 52.2 Å². The number of nitro groups is 1. The van der Waals surface area contributed by atoms with E-state index in [0.29, 0.717) is 26.5 Å². The molecule has 0 amide bonds. The second-order valence-electron chi connectivity index (χ2n) is 4.08. The minimum Gasteiger partial charge on any atom is -0.390 e. The maximum atomic E-state index is 10.5. The number of benzene rings is 1. The smallest absolute Gasteiger partial charge is 0.390 e. The topological polar surface area (TPSA) is 111 Å². The Hall–Kier alpha value is -1.97. The van der Waals surface area contributed by atoms with Gasteiger partial charge in [-0.1, -0.05) is 39.6 Å². The molecule has 1 heterocycles. The zero-order chi connectivity index (χ0) is 16.3. The summed E-state index contributed by atoms with van der Waals surface area (Å²) >= 11 is 17.8. The highest BCUT2D eigenvalue weighted by Gasteiger charge is 2.15. The van der Waals surface area contributed by atoms with Gasteiger partial charge in [0.1, 0.15) is 6.54 Å². The fraction of sp³-hybridized carbons (Fsp3) is 0.200. The quantitative estimate of drug-likeness (QED) is 0.496. The molecule has 0 spiro atoms. The van der Waals surface area contributed by atoms with Crippen molar-refractivity contribution in [1.29, 1.82) is 0 Å². The van der Waals surface area contributed by atoms with Crippen LogP contribution in [-0.4, -0.2) is 30.8 Å². The van der Waals surface area contributed by atoms with Crippen LogP contribution >= 0.6 is 34.8 Å². The van der Waals surface area contributed by atoms with Gasteiger partial charge in [0.25, 0.3) is 0 Å². The van der Waals surface area contributed by atoms with E-state index in [2.05, 4.69) is 25.9 Å². The first-order chi connectivity index (χ1) is 10.4. The third kappa shape index (κ3) is 4.03. The summed E-state index contributed by atoms with van der Waals surface area (Å²) in [5.74, 6) is -0.579. The molecule has 1 N–H and O–H groups in total. The van der Waals surface area contributed by atoms with Crippen molar-refractivity contribution in [1.82, 2.24) is 20.2 Å². The molecule has 22 heavy (non-hydrogen) atoms. The van der Waals surface area contributed by atoms with Crippen LogP contribution in [0.5, 0.6) is 0 Å². The van der Waals surface area contributed by atoms with E-state index < -0.39 is 10.9 Å². The van der Waals surface area contributed by atoms with E-state index in [1.807, 2.05) is 0 Å². The van der Waals surface area contributed by atoms with E-state index in [1.54, 1.807) is 6.92 Å². The van der Waals surface area contributed by atoms with Gasteiger partial charge in [0.15, 0.2) is 0 Å². The molecule has 2 rings (SSSR count). The summed E-state index contributed by atoms with van der Waals surface area (Å²) in [4.78, 5) is 10.8. The summed E-state index contributed by atoms with van der Waals surface area (Å²) in [5, 5.41) is 25.9. The fourth-order valence-corrected chi connectivity index (χ4v) is 2.32. The molecule has 0 saturated carbocycles. The number of tetrazole rings is 1. The zero-order valence-electron chi connectivity index (χ0n) is 11.0. The molecule has 0 fully saturated rings. The van der Waals surface area contributed by atoms with Gasteiger partial charge >= 0.3 is 5.95 Å². The zero-order valence-corrected chi connectivity index (χ0v) is 13.3. The molecular weight excluding hydrogens is 357 g/mol. The molecule has 0 unspecified atom stereocenters. The molecule has 0 bridgehead atoms. The van der Waals surface area contributed by atoms with Crippen molar-refractivity contribution in [2.75, 3.05) is 5.43 Å². The maximum absolute atomic E-state index is 10.5. The van der Waals surface area contributed by atoms with Gasteiger partial charge < -0.3 is 10.1 Å². The lowest BCUT2D eigenvalue weighted by molar-refractivity contribution is -0.394. The Morgan fingerprint density at radius 1 is 1.41 bits per heavy atom. The first-order valence-electron chi connectivity index (χ1n) is 5.72. The average Bonchev–Trinajstić information content (AvgIpc) is 2.86. The van der Waals surface area contributed by atoms with Gasteiger partial charge in [-0.2, -0.15) is 5.10 Å². The Morgan fingerprint density at radius 3 is 2.59 bits per heavy atom. The van der Waals surface area contributed by atoms with Crippen LogP contribution in [0, 0.1) is 10.1 Å². The number of hydrogen-bond donors (Lipinski definition) is 1. The Kier molecular flexibility index (Phi) is 5.11. The van der Waals surface area contributed by atoms with E-state index in [-0.39, 0.29) is 6.54 Å². The van der Waals surface area contributed by atoms with Gasteiger partial charge in [-0.25, -0.2) is 0 Å². The van der Waals surface area contributed by atoms with Gasteiger partial charge in [0.2, 0.25) is 0 Å². The lowest BCUT2D eigenvalue weighted by Crippen LogP contribution is -2.12. The lowest BCUT2D eigenvalue weighted by atomic mass is 10.3. The molecule has 0 atom stereocenters. The molecule has 116 valence electrons. The first-order valence-corrected chi connectivity index (χ1v) is 6.86. The summed E-state index contributed by atoms with van der Waals surface area (Å²) in [6.07, 6.45) is 0. The van der Waals surface area contributed by atoms with Crippen LogP contribution in [0.1, 0.15) is 6.92 Å². The molecule has 2 aromatic rings. The third-order valence-corrected chi connectivity index (χ3v) is 3.16. The van der Waals surface area contributed by atoms with Crippen LogP contribution < -0.4 is 5.43 Å². The third-order valence-electron chi connectivity index (χ3n) is 2.34. The highest BCUT2D eigenvalue weighted by Crippen LogP contribution is 2.33. The Labute approximate surface area is 139 Å². The van der Waals surface area contributed by atoms with Gasteiger partial charge in [0, 0.05) is 10.2 Å². The summed E-state index contributed by atoms with van der Waals surface area (Å²) in [6, 6.07) is 3.04. The van der Waals surface area contributed by atoms with Crippen molar-refractivity contribution in [3.63, 3.8) is 0 Å². The minimum absolute atomic E-state index is 0.108. The van der Waals surface area contributed by atoms with Crippen molar-refractivity contribution in [2.24, 2.45) is 5.10 Å². The van der Waals surface area contributed by atoms with E-state index in [1.165, 1.54) is 12.1 Å². The van der Waals surface area contributed by atoms with Crippen molar-refractivity contribution in [3.05, 3.63) is 37.3 Å². The molecule has 1 aromatic heterocycles. The summed E-state index contributed by atoms with van der Waals surface area (Å²) in [7, 11) is 0. The Balaban J connectivity index is 2.08. The van der Waals surface area contributed by atoms with Crippen LogP contribution in [0.15, 0.2) is 17.2 Å². The molecule has 12 heteroatoms. The first kappa shape index (κ1) is 16.4. The van der Waals surface area contributed by atoms with E-state index in [9.17, 15) is 10.1 Å². The van der Waals surface area contributed by atoms with E-state index in [0.717, 1.165) is 4.80 Å². The van der Waals surface area contributed by atoms with Crippen molar-refractivity contribution in [3.8, 4) is 0 Å². The minimum atomic E-state index is -0.735. The van der Waals surface area contributed by atoms with Gasteiger partial charge in [-0.05, 0) is 24.0 Å². The molecule has 0 aliphatic heterocycles. The highest BCUT2D eigenvalue weighted by molar-refractivity contribution is 6.41. The second kappa shape index (κ2) is 6.86. The van der Waals surface area contributed by atoms with Crippen LogP contribution in [0.4, 0.5) is 11.6 Å². The predicted octanol–water partition coefficient (Wildman–Crippen LogP) is 3.03. The lowest BCUT2D eigenvalue weighted by Gasteiger charge is -2.07. The second-order valence-corrected chi connectivity index (χ2v) is 5.33. The van der Waals surface area contributed by atoms with Crippen LogP contribution in [0.2, 0.25) is 15.1 Å². The summed E-state index contributed by atoms with van der Waals surface area (Å²) in [5.41, 5.74) is 3.62. The number of hydrazone groups is 1. The molecule has 0 saturated heterocycles. The Morgan fingerprint density at radius 2 is 2.05 bits per heavy atom. The molecule has 0 aliphatic rings. The van der Waals surface area contributed by atoms with Crippen LogP contribution in [0.25, 0.3) is 0 Å². The van der Waals surface area contributed by atoms with E-state index in [4.69, 9.17) is 34.8 Å². The standard InChI is InChI=1S/C10H8Cl3N7O2/c1-5(4-19-17-10(16-18-19)20(21)22)14-15-9-7(12)2-6(11)3-8(9)13/h2-3,15H,4H2,1H3/b14-5-. The number of aromatic nitrogens is 4. The SMILES string of the molecule is C/C(Cn1nnc([N+](=O)[O-])n1)=N/Nc1c(Cl)cc(Cl)cc1Cl. The summed E-state index contributed by atoms with van der Waals surface area (Å²) in [6.45, 7) is 1.77. The molecule has 9 nitrogen and oxygen atoms in total. The van der Waals surface area contributed by atoms with Crippen molar-refractivity contribution < 1.29 is 4.92 Å². The molecule has 1 aromatic carbocycles. The number of halogens is 3. The van der Waals surface area contributed by atoms with Gasteiger partial charge in [0.05, 0.1) is 31.6 Å². The fourth-order valence-electron chi connectivity index (χ4n) is 1.42. The van der Waals surface area contributed by atoms with Crippen LogP contribution in [-0.2, 0) is 6.54 Å². The monoisotopic (exact) mass is 363 g/mol. The number of anilines is 1. The largest absolute Gasteiger partial charge is 0.514 e. The van der Waals surface area contributed by atoms with Crippen molar-refractivity contribution in [2.45, 2.75) is 13.5 Å². The molecule has 0 radical (unpaired) electrons. The Bertz CT molecular complexity index is 723. The van der Waals surface area contributed by atoms with Gasteiger partial charge in [-0.3, -0.25) is 5.43 Å². The number of nitrogens with zero attached hydrogens (tertiary/aromatic N) is 6. The summed E-state index contributed by atoms with van der Waals surface area (Å²) < 4.78 is 0. The molecule has 0 aliphatic carbocycles. The number of hydrogen-bond acceptors (Lipinski definition) is 7. The number of rotatable bonds is 5. The average molecular weight is 365 g/mol. The number of nitrogens with one attached hydrogen (secondary N) is 1. The van der Waals surface area contributed by atoms with Gasteiger partial charge in [-0.15, -0.1) is 0 Å². The molecular formula is C10H8Cl3N7O2.